The number of benzene rings is 1. The average Bonchev–Trinajstić information content (AvgIpc) is 3.34. The third-order valence-corrected chi connectivity index (χ3v) is 4.51. The van der Waals surface area contributed by atoms with E-state index < -0.39 is 6.09 Å². The molecule has 132 valence electrons. The monoisotopic (exact) mass is 365 g/mol. The van der Waals surface area contributed by atoms with E-state index in [4.69, 9.17) is 4.74 Å². The Morgan fingerprint density at radius 3 is 2.88 bits per heavy atom. The minimum Gasteiger partial charge on any atom is -0.444 e. The van der Waals surface area contributed by atoms with Crippen LogP contribution in [0.15, 0.2) is 61.2 Å². The predicted octanol–water partition coefficient (Wildman–Crippen LogP) is 3.66. The Hall–Kier alpha value is -3.04. The Morgan fingerprint density at radius 2 is 2.08 bits per heavy atom. The average molecular weight is 365 g/mol. The molecule has 2 aromatic heterocycles. The van der Waals surface area contributed by atoms with Gasteiger partial charge in [0.15, 0.2) is 0 Å². The number of hydrogen-bond donors (Lipinski definition) is 1. The highest BCUT2D eigenvalue weighted by Crippen LogP contribution is 2.16. The molecular formula is C20H19N3O2S. The number of hydrogen-bond acceptors (Lipinski definition) is 4. The zero-order valence-electron chi connectivity index (χ0n) is 14.2. The van der Waals surface area contributed by atoms with Gasteiger partial charge in [0.05, 0.1) is 11.2 Å². The summed E-state index contributed by atoms with van der Waals surface area (Å²) in [5, 5.41) is 2.75. The van der Waals surface area contributed by atoms with E-state index in [0.29, 0.717) is 6.54 Å². The van der Waals surface area contributed by atoms with E-state index in [-0.39, 0.29) is 6.61 Å². The Labute approximate surface area is 156 Å². The summed E-state index contributed by atoms with van der Waals surface area (Å²) in [6, 6.07) is 13.7. The van der Waals surface area contributed by atoms with Crippen LogP contribution in [0.5, 0.6) is 0 Å². The lowest BCUT2D eigenvalue weighted by atomic mass is 10.2. The summed E-state index contributed by atoms with van der Waals surface area (Å²) in [7, 11) is 0. The molecule has 0 saturated carbocycles. The van der Waals surface area contributed by atoms with Crippen LogP contribution in [0.3, 0.4) is 0 Å². The molecule has 0 bridgehead atoms. The molecule has 6 heteroatoms. The molecule has 5 nitrogen and oxygen atoms in total. The molecular weight excluding hydrogens is 346 g/mol. The van der Waals surface area contributed by atoms with Crippen molar-refractivity contribution in [3.63, 3.8) is 0 Å². The van der Waals surface area contributed by atoms with Crippen molar-refractivity contribution in [2.24, 2.45) is 0 Å². The van der Waals surface area contributed by atoms with Crippen molar-refractivity contribution in [2.75, 3.05) is 6.54 Å². The molecule has 1 amide bonds. The van der Waals surface area contributed by atoms with Crippen LogP contribution >= 0.6 is 11.3 Å². The summed E-state index contributed by atoms with van der Waals surface area (Å²) >= 11 is 1.53. The SMILES string of the molecule is O=C(NCCCn1ccnc1)OCc1ccc(C#Cc2ccccc2)s1. The van der Waals surface area contributed by atoms with Gasteiger partial charge in [-0.3, -0.25) is 0 Å². The number of alkyl carbamates (subject to hydrolysis) is 1. The zero-order chi connectivity index (χ0) is 18.0. The highest BCUT2D eigenvalue weighted by Gasteiger charge is 2.04. The van der Waals surface area contributed by atoms with Crippen LogP contribution in [0.4, 0.5) is 4.79 Å². The van der Waals surface area contributed by atoms with Gasteiger partial charge in [-0.2, -0.15) is 0 Å². The molecule has 26 heavy (non-hydrogen) atoms. The number of imidazole rings is 1. The Bertz CT molecular complexity index is 877. The minimum absolute atomic E-state index is 0.255. The summed E-state index contributed by atoms with van der Waals surface area (Å²) in [5.74, 6) is 6.25. The van der Waals surface area contributed by atoms with Crippen LogP contribution in [0.2, 0.25) is 0 Å². The maximum atomic E-state index is 11.7. The van der Waals surface area contributed by atoms with Gasteiger partial charge in [0, 0.05) is 35.9 Å². The first-order valence-electron chi connectivity index (χ1n) is 8.32. The molecule has 0 aliphatic rings. The number of aromatic nitrogens is 2. The Balaban J connectivity index is 1.37. The van der Waals surface area contributed by atoms with Crippen LogP contribution in [0.1, 0.15) is 21.7 Å². The van der Waals surface area contributed by atoms with Crippen molar-refractivity contribution in [2.45, 2.75) is 19.6 Å². The fourth-order valence-electron chi connectivity index (χ4n) is 2.24. The first-order valence-corrected chi connectivity index (χ1v) is 9.13. The van der Waals surface area contributed by atoms with Crippen molar-refractivity contribution >= 4 is 17.4 Å². The number of nitrogens with one attached hydrogen (secondary N) is 1. The molecule has 0 aliphatic heterocycles. The van der Waals surface area contributed by atoms with Gasteiger partial charge in [0.2, 0.25) is 0 Å². The van der Waals surface area contributed by atoms with Gasteiger partial charge >= 0.3 is 6.09 Å². The third kappa shape index (κ3) is 5.80. The van der Waals surface area contributed by atoms with Crippen LogP contribution < -0.4 is 5.32 Å². The lowest BCUT2D eigenvalue weighted by Gasteiger charge is -2.06. The van der Waals surface area contributed by atoms with E-state index in [2.05, 4.69) is 22.1 Å². The van der Waals surface area contributed by atoms with Crippen molar-refractivity contribution in [3.8, 4) is 11.8 Å². The molecule has 3 aromatic rings. The number of aryl methyl sites for hydroxylation is 1. The first-order chi connectivity index (χ1) is 12.8. The lowest BCUT2D eigenvalue weighted by molar-refractivity contribution is 0.140. The number of nitrogens with zero attached hydrogens (tertiary/aromatic N) is 2. The fourth-order valence-corrected chi connectivity index (χ4v) is 3.01. The maximum absolute atomic E-state index is 11.7. The van der Waals surface area contributed by atoms with E-state index in [1.165, 1.54) is 11.3 Å². The van der Waals surface area contributed by atoms with Crippen molar-refractivity contribution in [1.82, 2.24) is 14.9 Å². The van der Waals surface area contributed by atoms with Gasteiger partial charge in [-0.15, -0.1) is 11.3 Å². The van der Waals surface area contributed by atoms with Crippen molar-refractivity contribution < 1.29 is 9.53 Å². The number of amides is 1. The predicted molar refractivity (Wildman–Crippen MR) is 102 cm³/mol. The van der Waals surface area contributed by atoms with Crippen LogP contribution in [-0.2, 0) is 17.9 Å². The molecule has 0 saturated heterocycles. The largest absolute Gasteiger partial charge is 0.444 e. The highest BCUT2D eigenvalue weighted by atomic mass is 32.1. The van der Waals surface area contributed by atoms with Crippen molar-refractivity contribution in [3.05, 3.63) is 76.5 Å². The van der Waals surface area contributed by atoms with Gasteiger partial charge in [-0.05, 0) is 30.7 Å². The minimum atomic E-state index is -0.402. The quantitative estimate of drug-likeness (QED) is 0.536. The molecule has 1 aromatic carbocycles. The van der Waals surface area contributed by atoms with Gasteiger partial charge in [-0.1, -0.05) is 30.0 Å². The van der Waals surface area contributed by atoms with Crippen LogP contribution in [-0.4, -0.2) is 22.2 Å². The van der Waals surface area contributed by atoms with E-state index in [9.17, 15) is 4.79 Å². The Kier molecular flexibility index (Phi) is 6.46. The molecule has 0 spiro atoms. The highest BCUT2D eigenvalue weighted by molar-refractivity contribution is 7.12. The standard InChI is InChI=1S/C20H19N3O2S/c24-20(22-11-4-13-23-14-12-21-16-23)25-15-19-10-9-18(26-19)8-7-17-5-2-1-3-6-17/h1-3,5-6,9-10,12,14,16H,4,11,13,15H2,(H,22,24). The molecule has 0 atom stereocenters. The van der Waals surface area contributed by atoms with Crippen LogP contribution in [0, 0.1) is 11.8 Å². The molecule has 3 rings (SSSR count). The second-order valence-electron chi connectivity index (χ2n) is 5.54. The summed E-state index contributed by atoms with van der Waals surface area (Å²) < 4.78 is 7.20. The van der Waals surface area contributed by atoms with E-state index in [0.717, 1.165) is 28.3 Å². The maximum Gasteiger partial charge on any atom is 0.407 e. The lowest BCUT2D eigenvalue weighted by Crippen LogP contribution is -2.25. The number of rotatable bonds is 6. The summed E-state index contributed by atoms with van der Waals surface area (Å²) in [5.41, 5.74) is 0.980. The molecule has 1 N–H and O–H groups in total. The van der Waals surface area contributed by atoms with Gasteiger partial charge < -0.3 is 14.6 Å². The summed E-state index contributed by atoms with van der Waals surface area (Å²) in [4.78, 5) is 17.6. The van der Waals surface area contributed by atoms with Crippen molar-refractivity contribution in [1.29, 1.82) is 0 Å². The van der Waals surface area contributed by atoms with E-state index >= 15 is 0 Å². The second kappa shape index (κ2) is 9.44. The topological polar surface area (TPSA) is 56.2 Å². The molecule has 0 fully saturated rings. The summed E-state index contributed by atoms with van der Waals surface area (Å²) in [6.07, 6.45) is 5.81. The number of carbonyl (C=O) groups excluding carboxylic acids is 1. The molecule has 0 aliphatic carbocycles. The van der Waals surface area contributed by atoms with Crippen LogP contribution in [0.25, 0.3) is 0 Å². The normalized spacial score (nSPS) is 10.0. The molecule has 0 unspecified atom stereocenters. The molecule has 2 heterocycles. The van der Waals surface area contributed by atoms with Gasteiger partial charge in [0.25, 0.3) is 0 Å². The number of ether oxygens (including phenoxy) is 1. The fraction of sp³-hybridized carbons (Fsp3) is 0.200. The van der Waals surface area contributed by atoms with E-state index in [1.54, 1.807) is 12.5 Å². The Morgan fingerprint density at radius 1 is 1.19 bits per heavy atom. The molecule has 0 radical (unpaired) electrons. The third-order valence-electron chi connectivity index (χ3n) is 3.53. The number of carbonyl (C=O) groups is 1. The second-order valence-corrected chi connectivity index (χ2v) is 6.71. The van der Waals surface area contributed by atoms with Gasteiger partial charge in [0.1, 0.15) is 6.61 Å². The first kappa shape index (κ1) is 17.8. The number of thiophene rings is 1. The summed E-state index contributed by atoms with van der Waals surface area (Å²) in [6.45, 7) is 1.63. The van der Waals surface area contributed by atoms with E-state index in [1.807, 2.05) is 53.2 Å². The van der Waals surface area contributed by atoms with Gasteiger partial charge in [-0.25, -0.2) is 9.78 Å². The smallest absolute Gasteiger partial charge is 0.407 e. The zero-order valence-corrected chi connectivity index (χ0v) is 15.0.